The van der Waals surface area contributed by atoms with Crippen LogP contribution in [0.5, 0.6) is 11.5 Å². The number of hydrogen-bond acceptors (Lipinski definition) is 4. The summed E-state index contributed by atoms with van der Waals surface area (Å²) in [5, 5.41) is 0. The van der Waals surface area contributed by atoms with Crippen LogP contribution < -0.4 is 9.47 Å². The minimum absolute atomic E-state index is 0.000319. The van der Waals surface area contributed by atoms with Gasteiger partial charge in [-0.3, -0.25) is 9.69 Å². The lowest BCUT2D eigenvalue weighted by Crippen LogP contribution is -2.57. The molecule has 0 saturated carbocycles. The zero-order valence-corrected chi connectivity index (χ0v) is 22.7. The standard InChI is InChI=1S/C32H38N2O3/c1-31-17-18-32(2,34(31)4)21-29(20-31)37-28-8-6-7-23(19-28)22-33(3)30(35)26-11-9-24(10-12-26)25-13-15-27(36-5)16-14-25/h6-16,19,29H,17-18,20-22H2,1-5H3/t29?,31-,32+. The Morgan fingerprint density at radius 3 is 2.11 bits per heavy atom. The second-order valence-electron chi connectivity index (χ2n) is 11.3. The summed E-state index contributed by atoms with van der Waals surface area (Å²) in [7, 11) is 5.78. The Morgan fingerprint density at radius 1 is 0.919 bits per heavy atom. The molecule has 2 fully saturated rings. The van der Waals surface area contributed by atoms with E-state index in [4.69, 9.17) is 9.47 Å². The van der Waals surface area contributed by atoms with E-state index in [1.54, 1.807) is 12.0 Å². The van der Waals surface area contributed by atoms with Crippen LogP contribution in [0.25, 0.3) is 11.1 Å². The van der Waals surface area contributed by atoms with Gasteiger partial charge in [-0.2, -0.15) is 0 Å². The molecule has 5 nitrogen and oxygen atoms in total. The van der Waals surface area contributed by atoms with Crippen LogP contribution in [0.3, 0.4) is 0 Å². The summed E-state index contributed by atoms with van der Waals surface area (Å²) in [5.41, 5.74) is 4.32. The predicted octanol–water partition coefficient (Wildman–Crippen LogP) is 6.42. The molecular weight excluding hydrogens is 460 g/mol. The molecule has 3 atom stereocenters. The van der Waals surface area contributed by atoms with Crippen LogP contribution >= 0.6 is 0 Å². The minimum atomic E-state index is 0.000319. The van der Waals surface area contributed by atoms with Crippen molar-refractivity contribution in [3.63, 3.8) is 0 Å². The third-order valence-electron chi connectivity index (χ3n) is 8.68. The van der Waals surface area contributed by atoms with Crippen LogP contribution in [0.15, 0.2) is 72.8 Å². The molecule has 0 aliphatic carbocycles. The van der Waals surface area contributed by atoms with E-state index in [1.165, 1.54) is 12.8 Å². The summed E-state index contributed by atoms with van der Waals surface area (Å²) < 4.78 is 11.8. The summed E-state index contributed by atoms with van der Waals surface area (Å²) in [4.78, 5) is 17.5. The number of benzene rings is 3. The van der Waals surface area contributed by atoms with Crippen LogP contribution in [0, 0.1) is 0 Å². The van der Waals surface area contributed by atoms with Crippen LogP contribution in [-0.2, 0) is 6.54 Å². The Bertz CT molecular complexity index is 1240. The van der Waals surface area contributed by atoms with Crippen LogP contribution in [0.2, 0.25) is 0 Å². The van der Waals surface area contributed by atoms with Crippen molar-refractivity contribution in [3.05, 3.63) is 83.9 Å². The Hall–Kier alpha value is -3.31. The highest BCUT2D eigenvalue weighted by molar-refractivity contribution is 5.94. The first-order valence-corrected chi connectivity index (χ1v) is 13.2. The molecule has 0 aromatic heterocycles. The molecule has 1 amide bonds. The fourth-order valence-electron chi connectivity index (χ4n) is 6.20. The van der Waals surface area contributed by atoms with Crippen molar-refractivity contribution in [2.75, 3.05) is 21.2 Å². The summed E-state index contributed by atoms with van der Waals surface area (Å²) in [6, 6.07) is 23.9. The second-order valence-corrected chi connectivity index (χ2v) is 11.3. The van der Waals surface area contributed by atoms with Crippen LogP contribution in [0.1, 0.15) is 55.5 Å². The molecule has 2 saturated heterocycles. The largest absolute Gasteiger partial charge is 0.497 e. The van der Waals surface area contributed by atoms with Gasteiger partial charge in [0.25, 0.3) is 5.91 Å². The number of methoxy groups -OCH3 is 1. The average molecular weight is 499 g/mol. The van der Waals surface area contributed by atoms with Gasteiger partial charge in [-0.05, 0) is 86.8 Å². The summed E-state index contributed by atoms with van der Waals surface area (Å²) in [6.07, 6.45) is 4.78. The molecule has 194 valence electrons. The van der Waals surface area contributed by atoms with E-state index in [1.807, 2.05) is 67.7 Å². The van der Waals surface area contributed by atoms with Gasteiger partial charge in [-0.25, -0.2) is 0 Å². The normalized spacial score (nSPS) is 25.1. The quantitative estimate of drug-likeness (QED) is 0.377. The monoisotopic (exact) mass is 498 g/mol. The maximum Gasteiger partial charge on any atom is 0.253 e. The number of nitrogens with zero attached hydrogens (tertiary/aromatic N) is 2. The van der Waals surface area contributed by atoms with Crippen molar-refractivity contribution in [2.45, 2.75) is 63.3 Å². The lowest BCUT2D eigenvalue weighted by Gasteiger charge is -2.49. The summed E-state index contributed by atoms with van der Waals surface area (Å²) in [6.45, 7) is 5.27. The number of amides is 1. The highest BCUT2D eigenvalue weighted by Gasteiger charge is 2.54. The van der Waals surface area contributed by atoms with Gasteiger partial charge < -0.3 is 14.4 Å². The molecule has 2 bridgehead atoms. The fourth-order valence-corrected chi connectivity index (χ4v) is 6.20. The number of rotatable bonds is 7. The van der Waals surface area contributed by atoms with Gasteiger partial charge in [0.15, 0.2) is 0 Å². The highest BCUT2D eigenvalue weighted by atomic mass is 16.5. The Labute approximate surface area is 221 Å². The van der Waals surface area contributed by atoms with Crippen molar-refractivity contribution >= 4 is 5.91 Å². The lowest BCUT2D eigenvalue weighted by molar-refractivity contribution is -0.0250. The molecule has 3 aromatic rings. The van der Waals surface area contributed by atoms with Crippen molar-refractivity contribution in [1.82, 2.24) is 9.80 Å². The third-order valence-corrected chi connectivity index (χ3v) is 8.68. The van der Waals surface area contributed by atoms with E-state index >= 15 is 0 Å². The maximum atomic E-state index is 13.1. The molecule has 5 heteroatoms. The number of hydrogen-bond donors (Lipinski definition) is 0. The van der Waals surface area contributed by atoms with Gasteiger partial charge >= 0.3 is 0 Å². The zero-order valence-electron chi connectivity index (χ0n) is 22.7. The lowest BCUT2D eigenvalue weighted by atomic mass is 9.84. The molecular formula is C32H38N2O3. The number of piperidine rings is 1. The van der Waals surface area contributed by atoms with E-state index in [-0.39, 0.29) is 23.1 Å². The SMILES string of the molecule is COc1ccc(-c2ccc(C(=O)N(C)Cc3cccc(OC4C[C@]5(C)CC[C@](C)(C4)N5C)c3)cc2)cc1. The Balaban J connectivity index is 1.22. The maximum absolute atomic E-state index is 13.1. The first-order chi connectivity index (χ1) is 17.7. The third kappa shape index (κ3) is 5.10. The molecule has 1 unspecified atom stereocenters. The molecule has 3 aromatic carbocycles. The molecule has 2 aliphatic rings. The van der Waals surface area contributed by atoms with Gasteiger partial charge in [-0.1, -0.05) is 36.4 Å². The van der Waals surface area contributed by atoms with Crippen molar-refractivity contribution in [1.29, 1.82) is 0 Å². The molecule has 5 rings (SSSR count). The van der Waals surface area contributed by atoms with Crippen molar-refractivity contribution in [3.8, 4) is 22.6 Å². The molecule has 0 radical (unpaired) electrons. The topological polar surface area (TPSA) is 42.0 Å². The first-order valence-electron chi connectivity index (χ1n) is 13.2. The summed E-state index contributed by atoms with van der Waals surface area (Å²) >= 11 is 0. The minimum Gasteiger partial charge on any atom is -0.497 e. The molecule has 37 heavy (non-hydrogen) atoms. The second kappa shape index (κ2) is 9.86. The Morgan fingerprint density at radius 2 is 1.51 bits per heavy atom. The summed E-state index contributed by atoms with van der Waals surface area (Å²) in [5.74, 6) is 1.72. The van der Waals surface area contributed by atoms with E-state index in [0.717, 1.165) is 41.0 Å². The molecule has 2 aliphatic heterocycles. The molecule has 2 heterocycles. The number of fused-ring (bicyclic) bond motifs is 2. The first kappa shape index (κ1) is 25.3. The predicted molar refractivity (Wildman–Crippen MR) is 148 cm³/mol. The van der Waals surface area contributed by atoms with Gasteiger partial charge in [-0.15, -0.1) is 0 Å². The van der Waals surface area contributed by atoms with E-state index in [0.29, 0.717) is 12.1 Å². The van der Waals surface area contributed by atoms with Crippen LogP contribution in [0.4, 0.5) is 0 Å². The number of carbonyl (C=O) groups excluding carboxylic acids is 1. The molecule has 0 spiro atoms. The van der Waals surface area contributed by atoms with Crippen molar-refractivity contribution in [2.24, 2.45) is 0 Å². The van der Waals surface area contributed by atoms with Gasteiger partial charge in [0.1, 0.15) is 17.6 Å². The van der Waals surface area contributed by atoms with Gasteiger partial charge in [0.05, 0.1) is 7.11 Å². The smallest absolute Gasteiger partial charge is 0.253 e. The van der Waals surface area contributed by atoms with Gasteiger partial charge in [0, 0.05) is 43.1 Å². The fraction of sp³-hybridized carbons (Fsp3) is 0.406. The molecule has 0 N–H and O–H groups in total. The zero-order chi connectivity index (χ0) is 26.2. The van der Waals surface area contributed by atoms with Gasteiger partial charge in [0.2, 0.25) is 0 Å². The van der Waals surface area contributed by atoms with E-state index in [9.17, 15) is 4.79 Å². The van der Waals surface area contributed by atoms with E-state index < -0.39 is 0 Å². The van der Waals surface area contributed by atoms with Crippen LogP contribution in [-0.4, -0.2) is 54.1 Å². The average Bonchev–Trinajstić information content (AvgIpc) is 3.03. The number of carbonyl (C=O) groups is 1. The van der Waals surface area contributed by atoms with E-state index in [2.05, 4.69) is 37.9 Å². The number of ether oxygens (including phenoxy) is 2. The van der Waals surface area contributed by atoms with Crippen molar-refractivity contribution < 1.29 is 14.3 Å². The highest BCUT2D eigenvalue weighted by Crippen LogP contribution is 2.50. The Kier molecular flexibility index (Phi) is 6.76.